The van der Waals surface area contributed by atoms with Gasteiger partial charge in [0.1, 0.15) is 5.75 Å². The van der Waals surface area contributed by atoms with Gasteiger partial charge >= 0.3 is 0 Å². The van der Waals surface area contributed by atoms with E-state index in [0.717, 1.165) is 16.7 Å². The number of carbonyl (C=O) groups excluding carboxylic acids is 2. The molecular formula is C23H26N2O5. The van der Waals surface area contributed by atoms with Gasteiger partial charge in [-0.2, -0.15) is 0 Å². The molecule has 0 unspecified atom stereocenters. The number of hydrogen-bond donors (Lipinski definition) is 1. The second kappa shape index (κ2) is 9.35. The van der Waals surface area contributed by atoms with E-state index in [1.54, 1.807) is 44.6 Å². The second-order valence-electron chi connectivity index (χ2n) is 6.89. The van der Waals surface area contributed by atoms with Gasteiger partial charge in [0.15, 0.2) is 11.5 Å². The number of fused-ring (bicyclic) bond motifs is 1. The highest BCUT2D eigenvalue weighted by atomic mass is 16.5. The predicted octanol–water partition coefficient (Wildman–Crippen LogP) is 3.29. The SMILES string of the molecule is COc1cc(OC)c(OC)cc1CNC(=O)C[C@@H]1c2ccccc2C=CN1C(C)=O. The molecule has 7 heteroatoms. The zero-order chi connectivity index (χ0) is 21.7. The first kappa shape index (κ1) is 21.2. The molecule has 0 spiro atoms. The molecule has 1 N–H and O–H groups in total. The minimum atomic E-state index is -0.351. The molecule has 0 bridgehead atoms. The number of amides is 2. The van der Waals surface area contributed by atoms with Gasteiger partial charge in [-0.1, -0.05) is 24.3 Å². The van der Waals surface area contributed by atoms with Crippen LogP contribution in [-0.2, 0) is 16.1 Å². The van der Waals surface area contributed by atoms with E-state index in [9.17, 15) is 9.59 Å². The molecule has 1 heterocycles. The molecule has 0 saturated carbocycles. The summed E-state index contributed by atoms with van der Waals surface area (Å²) in [6, 6.07) is 10.9. The van der Waals surface area contributed by atoms with Crippen molar-refractivity contribution in [1.82, 2.24) is 10.2 Å². The molecule has 0 aliphatic carbocycles. The molecule has 0 saturated heterocycles. The van der Waals surface area contributed by atoms with Crippen LogP contribution in [0.25, 0.3) is 6.08 Å². The smallest absolute Gasteiger partial charge is 0.223 e. The molecule has 2 amide bonds. The van der Waals surface area contributed by atoms with Crippen LogP contribution in [0.5, 0.6) is 17.2 Å². The fourth-order valence-corrected chi connectivity index (χ4v) is 3.59. The molecule has 1 aliphatic rings. The maximum absolute atomic E-state index is 12.8. The number of benzene rings is 2. The summed E-state index contributed by atoms with van der Waals surface area (Å²) in [7, 11) is 4.66. The number of nitrogens with one attached hydrogen (secondary N) is 1. The number of hydrogen-bond acceptors (Lipinski definition) is 5. The highest BCUT2D eigenvalue weighted by molar-refractivity contribution is 5.81. The molecule has 2 aromatic carbocycles. The maximum Gasteiger partial charge on any atom is 0.223 e. The van der Waals surface area contributed by atoms with Crippen molar-refractivity contribution in [2.24, 2.45) is 0 Å². The van der Waals surface area contributed by atoms with Gasteiger partial charge in [0.05, 0.1) is 33.8 Å². The van der Waals surface area contributed by atoms with E-state index in [0.29, 0.717) is 17.2 Å². The lowest BCUT2D eigenvalue weighted by Crippen LogP contribution is -2.35. The molecule has 1 aliphatic heterocycles. The lowest BCUT2D eigenvalue weighted by molar-refractivity contribution is -0.130. The Morgan fingerprint density at radius 1 is 1.00 bits per heavy atom. The summed E-state index contributed by atoms with van der Waals surface area (Å²) in [5.41, 5.74) is 2.72. The Labute approximate surface area is 176 Å². The van der Waals surface area contributed by atoms with Crippen LogP contribution in [0.3, 0.4) is 0 Å². The maximum atomic E-state index is 12.8. The molecule has 3 rings (SSSR count). The minimum absolute atomic E-state index is 0.111. The van der Waals surface area contributed by atoms with E-state index < -0.39 is 0 Å². The zero-order valence-electron chi connectivity index (χ0n) is 17.6. The molecule has 0 radical (unpaired) electrons. The van der Waals surface area contributed by atoms with Gasteiger partial charge in [-0.25, -0.2) is 0 Å². The fraction of sp³-hybridized carbons (Fsp3) is 0.304. The monoisotopic (exact) mass is 410 g/mol. The zero-order valence-corrected chi connectivity index (χ0v) is 17.6. The van der Waals surface area contributed by atoms with Gasteiger partial charge in [0, 0.05) is 31.3 Å². The van der Waals surface area contributed by atoms with Crippen molar-refractivity contribution in [3.63, 3.8) is 0 Å². The Balaban J connectivity index is 1.75. The third-order valence-electron chi connectivity index (χ3n) is 5.11. The largest absolute Gasteiger partial charge is 0.496 e. The number of nitrogens with zero attached hydrogens (tertiary/aromatic N) is 1. The summed E-state index contributed by atoms with van der Waals surface area (Å²) in [5.74, 6) is 1.40. The summed E-state index contributed by atoms with van der Waals surface area (Å²) < 4.78 is 16.0. The Morgan fingerprint density at radius 2 is 1.67 bits per heavy atom. The average Bonchev–Trinajstić information content (AvgIpc) is 2.76. The summed E-state index contributed by atoms with van der Waals surface area (Å²) in [5, 5.41) is 2.92. The van der Waals surface area contributed by atoms with Gasteiger partial charge in [0.2, 0.25) is 11.8 Å². The van der Waals surface area contributed by atoms with Crippen molar-refractivity contribution in [2.75, 3.05) is 21.3 Å². The van der Waals surface area contributed by atoms with E-state index in [2.05, 4.69) is 5.32 Å². The van der Waals surface area contributed by atoms with Gasteiger partial charge in [-0.3, -0.25) is 9.59 Å². The van der Waals surface area contributed by atoms with E-state index in [-0.39, 0.29) is 30.8 Å². The van der Waals surface area contributed by atoms with E-state index in [1.165, 1.54) is 6.92 Å². The van der Waals surface area contributed by atoms with Gasteiger partial charge in [0.25, 0.3) is 0 Å². The van der Waals surface area contributed by atoms with Crippen LogP contribution in [-0.4, -0.2) is 38.0 Å². The van der Waals surface area contributed by atoms with Crippen LogP contribution < -0.4 is 19.5 Å². The van der Waals surface area contributed by atoms with Crippen LogP contribution in [0.2, 0.25) is 0 Å². The average molecular weight is 410 g/mol. The van der Waals surface area contributed by atoms with Crippen LogP contribution in [0.15, 0.2) is 42.6 Å². The first-order valence-electron chi connectivity index (χ1n) is 9.60. The van der Waals surface area contributed by atoms with Crippen LogP contribution >= 0.6 is 0 Å². The number of carbonyl (C=O) groups is 2. The van der Waals surface area contributed by atoms with Gasteiger partial charge < -0.3 is 24.4 Å². The topological polar surface area (TPSA) is 77.1 Å². The van der Waals surface area contributed by atoms with Crippen molar-refractivity contribution in [3.05, 3.63) is 59.3 Å². The molecule has 1 atom stereocenters. The van der Waals surface area contributed by atoms with Gasteiger partial charge in [-0.15, -0.1) is 0 Å². The van der Waals surface area contributed by atoms with E-state index >= 15 is 0 Å². The summed E-state index contributed by atoms with van der Waals surface area (Å²) in [6.45, 7) is 1.75. The second-order valence-corrected chi connectivity index (χ2v) is 6.89. The van der Waals surface area contributed by atoms with Crippen LogP contribution in [0.1, 0.15) is 36.1 Å². The molecule has 30 heavy (non-hydrogen) atoms. The van der Waals surface area contributed by atoms with E-state index in [4.69, 9.17) is 14.2 Å². The first-order chi connectivity index (χ1) is 14.5. The summed E-state index contributed by atoms with van der Waals surface area (Å²) in [4.78, 5) is 26.5. The first-order valence-corrected chi connectivity index (χ1v) is 9.60. The van der Waals surface area contributed by atoms with Gasteiger partial charge in [-0.05, 0) is 23.3 Å². The molecular weight excluding hydrogens is 384 g/mol. The number of ether oxygens (including phenoxy) is 3. The van der Waals surface area contributed by atoms with Crippen molar-refractivity contribution in [3.8, 4) is 17.2 Å². The highest BCUT2D eigenvalue weighted by Gasteiger charge is 2.28. The van der Waals surface area contributed by atoms with Crippen molar-refractivity contribution >= 4 is 17.9 Å². The molecule has 2 aromatic rings. The predicted molar refractivity (Wildman–Crippen MR) is 113 cm³/mol. The van der Waals surface area contributed by atoms with Crippen molar-refractivity contribution in [2.45, 2.75) is 25.9 Å². The molecule has 158 valence electrons. The molecule has 7 nitrogen and oxygen atoms in total. The Hall–Kier alpha value is -3.48. The molecule has 0 fully saturated rings. The van der Waals surface area contributed by atoms with Crippen molar-refractivity contribution in [1.29, 1.82) is 0 Å². The number of rotatable bonds is 7. The Kier molecular flexibility index (Phi) is 6.61. The lowest BCUT2D eigenvalue weighted by atomic mass is 9.93. The fourth-order valence-electron chi connectivity index (χ4n) is 3.59. The lowest BCUT2D eigenvalue weighted by Gasteiger charge is -2.32. The summed E-state index contributed by atoms with van der Waals surface area (Å²) in [6.07, 6.45) is 3.77. The highest BCUT2D eigenvalue weighted by Crippen LogP contribution is 2.35. The quantitative estimate of drug-likeness (QED) is 0.758. The normalized spacial score (nSPS) is 14.7. The minimum Gasteiger partial charge on any atom is -0.496 e. The molecule has 0 aromatic heterocycles. The Bertz CT molecular complexity index is 970. The standard InChI is InChI=1S/C23H26N2O5/c1-15(26)25-10-9-16-7-5-6-8-18(16)19(25)12-23(27)24-14-17-11-21(29-3)22(30-4)13-20(17)28-2/h5-11,13,19H,12,14H2,1-4H3,(H,24,27)/t19-/m1/s1. The van der Waals surface area contributed by atoms with Crippen LogP contribution in [0, 0.1) is 0 Å². The Morgan fingerprint density at radius 3 is 2.33 bits per heavy atom. The third kappa shape index (κ3) is 4.40. The summed E-state index contributed by atoms with van der Waals surface area (Å²) >= 11 is 0. The van der Waals surface area contributed by atoms with Crippen molar-refractivity contribution < 1.29 is 23.8 Å². The van der Waals surface area contributed by atoms with Crippen LogP contribution in [0.4, 0.5) is 0 Å². The van der Waals surface area contributed by atoms with E-state index in [1.807, 2.05) is 30.3 Å². The third-order valence-corrected chi connectivity index (χ3v) is 5.11. The number of methoxy groups -OCH3 is 3.